The maximum atomic E-state index is 13.0. The lowest BCUT2D eigenvalue weighted by Gasteiger charge is -2.09. The van der Waals surface area contributed by atoms with Gasteiger partial charge in [0.1, 0.15) is 11.6 Å². The standard InChI is InChI=1S/C15H14F4N2/c1-10-8-13(16)4-2-11(10)6-7-20-14-5-3-12(9-21-14)15(17,18)19/h2-5,8-9H,6-7H2,1H3,(H,20,21). The van der Waals surface area contributed by atoms with Crippen molar-refractivity contribution in [1.82, 2.24) is 4.98 Å². The fourth-order valence-corrected chi connectivity index (χ4v) is 1.93. The first-order valence-corrected chi connectivity index (χ1v) is 6.38. The zero-order valence-corrected chi connectivity index (χ0v) is 11.3. The summed E-state index contributed by atoms with van der Waals surface area (Å²) >= 11 is 0. The number of pyridine rings is 1. The Morgan fingerprint density at radius 1 is 1.14 bits per heavy atom. The molecule has 1 N–H and O–H groups in total. The molecule has 1 aromatic heterocycles. The fraction of sp³-hybridized carbons (Fsp3) is 0.267. The lowest BCUT2D eigenvalue weighted by Crippen LogP contribution is -2.09. The van der Waals surface area contributed by atoms with Gasteiger partial charge in [0.2, 0.25) is 0 Å². The quantitative estimate of drug-likeness (QED) is 0.856. The van der Waals surface area contributed by atoms with Crippen LogP contribution in [-0.4, -0.2) is 11.5 Å². The fourth-order valence-electron chi connectivity index (χ4n) is 1.93. The summed E-state index contributed by atoms with van der Waals surface area (Å²) in [6.07, 6.45) is -2.95. The van der Waals surface area contributed by atoms with Crippen LogP contribution in [0.2, 0.25) is 0 Å². The molecule has 21 heavy (non-hydrogen) atoms. The van der Waals surface area contributed by atoms with E-state index < -0.39 is 11.7 Å². The van der Waals surface area contributed by atoms with Crippen LogP contribution in [0.15, 0.2) is 36.5 Å². The molecule has 2 nitrogen and oxygen atoms in total. The van der Waals surface area contributed by atoms with Crippen molar-refractivity contribution in [3.63, 3.8) is 0 Å². The highest BCUT2D eigenvalue weighted by Gasteiger charge is 2.30. The van der Waals surface area contributed by atoms with Crippen molar-refractivity contribution in [3.8, 4) is 0 Å². The van der Waals surface area contributed by atoms with Gasteiger partial charge in [-0.3, -0.25) is 0 Å². The molecule has 0 atom stereocenters. The predicted molar refractivity (Wildman–Crippen MR) is 72.6 cm³/mol. The van der Waals surface area contributed by atoms with Gasteiger partial charge in [0, 0.05) is 12.7 Å². The molecule has 1 aromatic carbocycles. The van der Waals surface area contributed by atoms with Crippen LogP contribution in [0.1, 0.15) is 16.7 Å². The van der Waals surface area contributed by atoms with Crippen molar-refractivity contribution in [2.75, 3.05) is 11.9 Å². The minimum absolute atomic E-state index is 0.284. The summed E-state index contributed by atoms with van der Waals surface area (Å²) in [5, 5.41) is 2.94. The second kappa shape index (κ2) is 6.11. The van der Waals surface area contributed by atoms with Crippen LogP contribution in [0.5, 0.6) is 0 Å². The second-order valence-corrected chi connectivity index (χ2v) is 4.68. The zero-order valence-electron chi connectivity index (χ0n) is 11.3. The average molecular weight is 298 g/mol. The van der Waals surface area contributed by atoms with Crippen LogP contribution >= 0.6 is 0 Å². The molecule has 6 heteroatoms. The zero-order chi connectivity index (χ0) is 15.5. The van der Waals surface area contributed by atoms with Crippen molar-refractivity contribution >= 4 is 5.82 Å². The number of aromatic nitrogens is 1. The smallest absolute Gasteiger partial charge is 0.370 e. The summed E-state index contributed by atoms with van der Waals surface area (Å²) < 4.78 is 50.1. The molecular formula is C15H14F4N2. The van der Waals surface area contributed by atoms with E-state index in [1.54, 1.807) is 6.07 Å². The molecule has 0 saturated heterocycles. The molecule has 0 aliphatic heterocycles. The van der Waals surface area contributed by atoms with Crippen LogP contribution in [0, 0.1) is 12.7 Å². The Morgan fingerprint density at radius 3 is 2.48 bits per heavy atom. The molecule has 0 radical (unpaired) electrons. The Labute approximate surface area is 119 Å². The number of alkyl halides is 3. The Morgan fingerprint density at radius 2 is 1.90 bits per heavy atom. The molecule has 0 aliphatic rings. The predicted octanol–water partition coefficient (Wildman–Crippen LogP) is 4.20. The third-order valence-corrected chi connectivity index (χ3v) is 3.10. The van der Waals surface area contributed by atoms with Gasteiger partial charge in [-0.1, -0.05) is 6.07 Å². The van der Waals surface area contributed by atoms with Crippen LogP contribution in [0.25, 0.3) is 0 Å². The van der Waals surface area contributed by atoms with Crippen molar-refractivity contribution < 1.29 is 17.6 Å². The number of aryl methyl sites for hydroxylation is 1. The first-order chi connectivity index (χ1) is 9.86. The minimum atomic E-state index is -4.38. The highest BCUT2D eigenvalue weighted by atomic mass is 19.4. The average Bonchev–Trinajstić information content (AvgIpc) is 2.41. The lowest BCUT2D eigenvalue weighted by atomic mass is 10.1. The maximum absolute atomic E-state index is 13.0. The maximum Gasteiger partial charge on any atom is 0.417 e. The molecule has 0 fully saturated rings. The minimum Gasteiger partial charge on any atom is -0.370 e. The van der Waals surface area contributed by atoms with E-state index in [-0.39, 0.29) is 5.82 Å². The van der Waals surface area contributed by atoms with Gasteiger partial charge < -0.3 is 5.32 Å². The molecule has 0 unspecified atom stereocenters. The molecule has 0 spiro atoms. The molecular weight excluding hydrogens is 284 g/mol. The normalized spacial score (nSPS) is 11.5. The van der Waals surface area contributed by atoms with Gasteiger partial charge in [0.05, 0.1) is 5.56 Å². The van der Waals surface area contributed by atoms with E-state index in [0.29, 0.717) is 18.8 Å². The first-order valence-electron chi connectivity index (χ1n) is 6.38. The number of hydrogen-bond acceptors (Lipinski definition) is 2. The number of nitrogens with zero attached hydrogens (tertiary/aromatic N) is 1. The van der Waals surface area contributed by atoms with E-state index in [0.717, 1.165) is 23.4 Å². The van der Waals surface area contributed by atoms with E-state index >= 15 is 0 Å². The third kappa shape index (κ3) is 4.18. The number of anilines is 1. The Kier molecular flexibility index (Phi) is 4.45. The highest BCUT2D eigenvalue weighted by molar-refractivity contribution is 5.37. The Bertz CT molecular complexity index is 606. The summed E-state index contributed by atoms with van der Waals surface area (Å²) in [4.78, 5) is 3.72. The molecule has 0 amide bonds. The number of benzene rings is 1. The lowest BCUT2D eigenvalue weighted by molar-refractivity contribution is -0.137. The summed E-state index contributed by atoms with van der Waals surface area (Å²) in [6.45, 7) is 2.32. The molecule has 0 bridgehead atoms. The van der Waals surface area contributed by atoms with Crippen molar-refractivity contribution in [2.45, 2.75) is 19.5 Å². The Hall–Kier alpha value is -2.11. The van der Waals surface area contributed by atoms with E-state index in [4.69, 9.17) is 0 Å². The molecule has 2 aromatic rings. The molecule has 0 saturated carbocycles. The number of nitrogens with one attached hydrogen (secondary N) is 1. The number of halogens is 4. The Balaban J connectivity index is 1.91. The summed E-state index contributed by atoms with van der Waals surface area (Å²) in [5.41, 5.74) is 1.05. The van der Waals surface area contributed by atoms with Crippen LogP contribution < -0.4 is 5.32 Å². The van der Waals surface area contributed by atoms with Gasteiger partial charge in [0.15, 0.2) is 0 Å². The number of rotatable bonds is 4. The molecule has 112 valence electrons. The van der Waals surface area contributed by atoms with Crippen LogP contribution in [0.3, 0.4) is 0 Å². The van der Waals surface area contributed by atoms with E-state index in [9.17, 15) is 17.6 Å². The number of hydrogen-bond donors (Lipinski definition) is 1. The molecule has 1 heterocycles. The van der Waals surface area contributed by atoms with E-state index in [1.807, 2.05) is 6.92 Å². The molecule has 2 rings (SSSR count). The van der Waals surface area contributed by atoms with E-state index in [2.05, 4.69) is 10.3 Å². The second-order valence-electron chi connectivity index (χ2n) is 4.68. The van der Waals surface area contributed by atoms with Crippen molar-refractivity contribution in [3.05, 3.63) is 59.0 Å². The van der Waals surface area contributed by atoms with Gasteiger partial charge in [-0.05, 0) is 48.7 Å². The van der Waals surface area contributed by atoms with Gasteiger partial charge >= 0.3 is 6.18 Å². The monoisotopic (exact) mass is 298 g/mol. The summed E-state index contributed by atoms with van der Waals surface area (Å²) in [6, 6.07) is 6.82. The summed E-state index contributed by atoms with van der Waals surface area (Å²) in [5.74, 6) is 0.0939. The van der Waals surface area contributed by atoms with Crippen molar-refractivity contribution in [1.29, 1.82) is 0 Å². The molecule has 0 aliphatic carbocycles. The van der Waals surface area contributed by atoms with Crippen LogP contribution in [0.4, 0.5) is 23.4 Å². The van der Waals surface area contributed by atoms with Gasteiger partial charge in [-0.2, -0.15) is 13.2 Å². The third-order valence-electron chi connectivity index (χ3n) is 3.10. The van der Waals surface area contributed by atoms with Gasteiger partial charge in [-0.25, -0.2) is 9.37 Å². The van der Waals surface area contributed by atoms with Gasteiger partial charge in [-0.15, -0.1) is 0 Å². The first kappa shape index (κ1) is 15.3. The van der Waals surface area contributed by atoms with E-state index in [1.165, 1.54) is 18.2 Å². The summed E-state index contributed by atoms with van der Waals surface area (Å²) in [7, 11) is 0. The van der Waals surface area contributed by atoms with Gasteiger partial charge in [0.25, 0.3) is 0 Å². The topological polar surface area (TPSA) is 24.9 Å². The highest BCUT2D eigenvalue weighted by Crippen LogP contribution is 2.28. The van der Waals surface area contributed by atoms with Crippen LogP contribution in [-0.2, 0) is 12.6 Å². The SMILES string of the molecule is Cc1cc(F)ccc1CCNc1ccc(C(F)(F)F)cn1. The largest absolute Gasteiger partial charge is 0.417 e. The van der Waals surface area contributed by atoms with Crippen molar-refractivity contribution in [2.24, 2.45) is 0 Å².